The van der Waals surface area contributed by atoms with Gasteiger partial charge in [0.15, 0.2) is 0 Å². The summed E-state index contributed by atoms with van der Waals surface area (Å²) in [5.74, 6) is 0. The molecule has 2 rings (SSSR count). The number of aromatic nitrogens is 2. The molecular formula is C6H9N3OS. The second-order valence-corrected chi connectivity index (χ2v) is 3.57. The van der Waals surface area contributed by atoms with Crippen molar-refractivity contribution in [2.75, 3.05) is 0 Å². The van der Waals surface area contributed by atoms with Gasteiger partial charge >= 0.3 is 4.87 Å². The van der Waals surface area contributed by atoms with Gasteiger partial charge in [-0.25, -0.2) is 4.68 Å². The van der Waals surface area contributed by atoms with Crippen LogP contribution in [0.5, 0.6) is 0 Å². The van der Waals surface area contributed by atoms with E-state index in [0.29, 0.717) is 4.80 Å². The zero-order valence-electron chi connectivity index (χ0n) is 6.04. The van der Waals surface area contributed by atoms with E-state index in [1.807, 2.05) is 0 Å². The third kappa shape index (κ3) is 0.956. The first kappa shape index (κ1) is 6.84. The van der Waals surface area contributed by atoms with E-state index in [2.05, 4.69) is 0 Å². The Hall–Kier alpha value is -0.840. The molecule has 0 atom stereocenters. The Kier molecular flexibility index (Phi) is 1.45. The van der Waals surface area contributed by atoms with Crippen molar-refractivity contribution in [3.8, 4) is 0 Å². The van der Waals surface area contributed by atoms with Crippen LogP contribution >= 0.6 is 11.3 Å². The Morgan fingerprint density at radius 3 is 2.55 bits per heavy atom. The molecule has 2 heterocycles. The van der Waals surface area contributed by atoms with E-state index in [-0.39, 0.29) is 4.87 Å². The normalized spacial score (nSPS) is 16.4. The predicted molar refractivity (Wildman–Crippen MR) is 41.7 cm³/mol. The highest BCUT2D eigenvalue weighted by Crippen LogP contribution is 2.02. The standard InChI is InChI=1S/C6H9N3OS/c7-5-8-3-1-2-4-9(8)6(10)11-5/h7H,1-4H2. The Balaban J connectivity index is 2.70. The zero-order chi connectivity index (χ0) is 7.84. The van der Waals surface area contributed by atoms with Gasteiger partial charge in [0.05, 0.1) is 0 Å². The van der Waals surface area contributed by atoms with Gasteiger partial charge in [-0.2, -0.15) is 0 Å². The van der Waals surface area contributed by atoms with Crippen LogP contribution in [0, 0.1) is 5.41 Å². The van der Waals surface area contributed by atoms with Crippen molar-refractivity contribution in [3.63, 3.8) is 0 Å². The summed E-state index contributed by atoms with van der Waals surface area (Å²) in [5.41, 5.74) is 0. The summed E-state index contributed by atoms with van der Waals surface area (Å²) in [7, 11) is 0. The Bertz CT molecular complexity index is 337. The minimum atomic E-state index is 0.00898. The summed E-state index contributed by atoms with van der Waals surface area (Å²) in [6, 6.07) is 0. The average Bonchev–Trinajstić information content (AvgIpc) is 2.30. The summed E-state index contributed by atoms with van der Waals surface area (Å²) < 4.78 is 3.42. The molecule has 0 radical (unpaired) electrons. The Morgan fingerprint density at radius 1 is 1.27 bits per heavy atom. The van der Waals surface area contributed by atoms with Crippen LogP contribution < -0.4 is 9.67 Å². The quantitative estimate of drug-likeness (QED) is 0.586. The molecule has 0 saturated carbocycles. The monoisotopic (exact) mass is 171 g/mol. The second kappa shape index (κ2) is 2.34. The molecule has 11 heavy (non-hydrogen) atoms. The molecule has 0 aliphatic carbocycles. The maximum absolute atomic E-state index is 11.1. The molecule has 60 valence electrons. The summed E-state index contributed by atoms with van der Waals surface area (Å²) in [6.07, 6.45) is 2.16. The second-order valence-electron chi connectivity index (χ2n) is 2.63. The van der Waals surface area contributed by atoms with Crippen molar-refractivity contribution in [2.24, 2.45) is 0 Å². The van der Waals surface area contributed by atoms with Gasteiger partial charge in [-0.15, -0.1) is 0 Å². The topological polar surface area (TPSA) is 50.8 Å². The van der Waals surface area contributed by atoms with Gasteiger partial charge in [0.2, 0.25) is 4.80 Å². The molecule has 1 aliphatic rings. The molecule has 0 fully saturated rings. The van der Waals surface area contributed by atoms with E-state index in [9.17, 15) is 4.79 Å². The van der Waals surface area contributed by atoms with Crippen molar-refractivity contribution in [1.29, 1.82) is 5.41 Å². The van der Waals surface area contributed by atoms with Crippen molar-refractivity contribution in [2.45, 2.75) is 25.9 Å². The van der Waals surface area contributed by atoms with Crippen LogP contribution in [0.4, 0.5) is 0 Å². The summed E-state index contributed by atoms with van der Waals surface area (Å²) in [6.45, 7) is 1.62. The minimum Gasteiger partial charge on any atom is -0.274 e. The molecule has 0 unspecified atom stereocenters. The highest BCUT2D eigenvalue weighted by molar-refractivity contribution is 7.06. The molecule has 0 amide bonds. The first-order valence-corrected chi connectivity index (χ1v) is 4.46. The van der Waals surface area contributed by atoms with Gasteiger partial charge in [-0.1, -0.05) is 0 Å². The van der Waals surface area contributed by atoms with Gasteiger partial charge in [-0.3, -0.25) is 14.9 Å². The molecule has 0 aromatic carbocycles. The summed E-state index contributed by atoms with van der Waals surface area (Å²) >= 11 is 1.02. The molecule has 5 heteroatoms. The number of rotatable bonds is 0. The number of nitrogens with one attached hydrogen (secondary N) is 1. The van der Waals surface area contributed by atoms with E-state index >= 15 is 0 Å². The number of hydrogen-bond acceptors (Lipinski definition) is 3. The highest BCUT2D eigenvalue weighted by atomic mass is 32.1. The fourth-order valence-electron chi connectivity index (χ4n) is 1.35. The number of nitrogens with zero attached hydrogens (tertiary/aromatic N) is 2. The first-order valence-electron chi connectivity index (χ1n) is 3.64. The van der Waals surface area contributed by atoms with E-state index in [1.165, 1.54) is 0 Å². The number of hydrogen-bond donors (Lipinski definition) is 1. The lowest BCUT2D eigenvalue weighted by molar-refractivity contribution is 0.344. The van der Waals surface area contributed by atoms with Gasteiger partial charge in [0, 0.05) is 13.1 Å². The lowest BCUT2D eigenvalue weighted by atomic mass is 10.3. The third-order valence-corrected chi connectivity index (χ3v) is 2.70. The molecule has 1 N–H and O–H groups in total. The van der Waals surface area contributed by atoms with Crippen LogP contribution in [0.25, 0.3) is 0 Å². The van der Waals surface area contributed by atoms with Crippen LogP contribution in [-0.4, -0.2) is 9.36 Å². The fourth-order valence-corrected chi connectivity index (χ4v) is 2.11. The summed E-state index contributed by atoms with van der Waals surface area (Å²) in [5, 5.41) is 7.43. The van der Waals surface area contributed by atoms with Crippen LogP contribution in [0.3, 0.4) is 0 Å². The smallest absolute Gasteiger partial charge is 0.274 e. The lowest BCUT2D eigenvalue weighted by Gasteiger charge is -2.15. The largest absolute Gasteiger partial charge is 0.325 e. The van der Waals surface area contributed by atoms with Gasteiger partial charge in [0.1, 0.15) is 0 Å². The maximum atomic E-state index is 11.1. The predicted octanol–water partition coefficient (Wildman–Crippen LogP) is -0.0154. The minimum absolute atomic E-state index is 0.00898. The van der Waals surface area contributed by atoms with Crippen LogP contribution in [0.15, 0.2) is 4.79 Å². The van der Waals surface area contributed by atoms with Crippen LogP contribution in [0.1, 0.15) is 12.8 Å². The molecule has 0 bridgehead atoms. The van der Waals surface area contributed by atoms with E-state index in [4.69, 9.17) is 5.41 Å². The molecule has 4 nitrogen and oxygen atoms in total. The van der Waals surface area contributed by atoms with E-state index in [1.54, 1.807) is 9.36 Å². The van der Waals surface area contributed by atoms with Crippen molar-refractivity contribution < 1.29 is 0 Å². The zero-order valence-corrected chi connectivity index (χ0v) is 6.86. The van der Waals surface area contributed by atoms with Crippen LogP contribution in [-0.2, 0) is 13.1 Å². The number of fused-ring (bicyclic) bond motifs is 1. The Morgan fingerprint density at radius 2 is 1.91 bits per heavy atom. The SMILES string of the molecule is N=c1sc(=O)n2n1CCCC2. The van der Waals surface area contributed by atoms with Gasteiger partial charge in [0.25, 0.3) is 0 Å². The average molecular weight is 171 g/mol. The summed E-state index contributed by atoms with van der Waals surface area (Å²) in [4.78, 5) is 11.5. The molecule has 1 aromatic rings. The molecule has 1 aliphatic heterocycles. The fraction of sp³-hybridized carbons (Fsp3) is 0.667. The van der Waals surface area contributed by atoms with Gasteiger partial charge in [-0.05, 0) is 24.2 Å². The Labute approximate surface area is 67.2 Å². The third-order valence-electron chi connectivity index (χ3n) is 1.91. The lowest BCUT2D eigenvalue weighted by Crippen LogP contribution is -2.30. The van der Waals surface area contributed by atoms with E-state index < -0.39 is 0 Å². The first-order chi connectivity index (χ1) is 5.29. The van der Waals surface area contributed by atoms with Crippen LogP contribution in [0.2, 0.25) is 0 Å². The molecule has 0 spiro atoms. The molecule has 0 saturated heterocycles. The van der Waals surface area contributed by atoms with Crippen molar-refractivity contribution in [1.82, 2.24) is 9.36 Å². The maximum Gasteiger partial charge on any atom is 0.325 e. The van der Waals surface area contributed by atoms with E-state index in [0.717, 1.165) is 37.3 Å². The molecular weight excluding hydrogens is 162 g/mol. The van der Waals surface area contributed by atoms with Crippen molar-refractivity contribution >= 4 is 11.3 Å². The van der Waals surface area contributed by atoms with Crippen molar-refractivity contribution in [3.05, 3.63) is 14.5 Å². The molecule has 1 aromatic heterocycles. The van der Waals surface area contributed by atoms with Gasteiger partial charge < -0.3 is 0 Å². The highest BCUT2D eigenvalue weighted by Gasteiger charge is 2.10.